The Hall–Kier alpha value is -1.06. The maximum atomic E-state index is 11.5. The molecule has 4 heteroatoms. The van der Waals surface area contributed by atoms with E-state index in [1.165, 1.54) is 25.7 Å². The number of ether oxygens (including phenoxy) is 2. The minimum atomic E-state index is -0.135. The number of carbonyl (C=O) groups excluding carboxylic acids is 2. The van der Waals surface area contributed by atoms with E-state index in [0.29, 0.717) is 32.0 Å². The van der Waals surface area contributed by atoms with E-state index < -0.39 is 0 Å². The fourth-order valence-corrected chi connectivity index (χ4v) is 2.19. The molecule has 0 bridgehead atoms. The van der Waals surface area contributed by atoms with Gasteiger partial charge in [0, 0.05) is 12.8 Å². The quantitative estimate of drug-likeness (QED) is 0.312. The van der Waals surface area contributed by atoms with Crippen molar-refractivity contribution in [3.63, 3.8) is 0 Å². The van der Waals surface area contributed by atoms with Gasteiger partial charge >= 0.3 is 11.9 Å². The van der Waals surface area contributed by atoms with E-state index in [1.807, 2.05) is 13.8 Å². The summed E-state index contributed by atoms with van der Waals surface area (Å²) in [7, 11) is 0. The van der Waals surface area contributed by atoms with Crippen LogP contribution in [0.1, 0.15) is 91.4 Å². The highest BCUT2D eigenvalue weighted by atomic mass is 16.5. The van der Waals surface area contributed by atoms with Gasteiger partial charge in [0.15, 0.2) is 0 Å². The van der Waals surface area contributed by atoms with Gasteiger partial charge in [-0.3, -0.25) is 9.59 Å². The first kappa shape index (κ1) is 21.9. The SMILES string of the molecule is CCCCCCCCOC(=O)CCCCCC(=O)OCC(C)C. The van der Waals surface area contributed by atoms with Crippen molar-refractivity contribution in [1.29, 1.82) is 0 Å². The van der Waals surface area contributed by atoms with Crippen molar-refractivity contribution in [3.8, 4) is 0 Å². The molecule has 0 unspecified atom stereocenters. The van der Waals surface area contributed by atoms with E-state index in [1.54, 1.807) is 0 Å². The fourth-order valence-electron chi connectivity index (χ4n) is 2.19. The van der Waals surface area contributed by atoms with Gasteiger partial charge in [0.05, 0.1) is 13.2 Å². The molecule has 0 aliphatic heterocycles. The topological polar surface area (TPSA) is 52.6 Å². The molecule has 0 spiro atoms. The predicted molar refractivity (Wildman–Crippen MR) is 93.2 cm³/mol. The molecule has 0 heterocycles. The highest BCUT2D eigenvalue weighted by Crippen LogP contribution is 2.08. The maximum absolute atomic E-state index is 11.5. The molecule has 23 heavy (non-hydrogen) atoms. The average molecular weight is 328 g/mol. The van der Waals surface area contributed by atoms with Crippen molar-refractivity contribution in [2.75, 3.05) is 13.2 Å². The van der Waals surface area contributed by atoms with Crippen LogP contribution >= 0.6 is 0 Å². The number of esters is 2. The average Bonchev–Trinajstić information content (AvgIpc) is 2.51. The van der Waals surface area contributed by atoms with Crippen LogP contribution in [-0.4, -0.2) is 25.2 Å². The Kier molecular flexibility index (Phi) is 15.1. The summed E-state index contributed by atoms with van der Waals surface area (Å²) in [5.41, 5.74) is 0. The monoisotopic (exact) mass is 328 g/mol. The Morgan fingerprint density at radius 2 is 1.26 bits per heavy atom. The van der Waals surface area contributed by atoms with Gasteiger partial charge < -0.3 is 9.47 Å². The third-order valence-electron chi connectivity index (χ3n) is 3.60. The molecule has 0 aliphatic carbocycles. The van der Waals surface area contributed by atoms with Crippen LogP contribution in [0.3, 0.4) is 0 Å². The normalized spacial score (nSPS) is 10.8. The lowest BCUT2D eigenvalue weighted by molar-refractivity contribution is -0.144. The molecule has 136 valence electrons. The van der Waals surface area contributed by atoms with Gasteiger partial charge in [-0.25, -0.2) is 0 Å². The second-order valence-electron chi connectivity index (χ2n) is 6.63. The lowest BCUT2D eigenvalue weighted by atomic mass is 10.1. The molecule has 0 aromatic carbocycles. The van der Waals surface area contributed by atoms with E-state index in [4.69, 9.17) is 9.47 Å². The Morgan fingerprint density at radius 3 is 1.87 bits per heavy atom. The van der Waals surface area contributed by atoms with Crippen molar-refractivity contribution < 1.29 is 19.1 Å². The zero-order valence-corrected chi connectivity index (χ0v) is 15.4. The summed E-state index contributed by atoms with van der Waals surface area (Å²) in [6.07, 6.45) is 10.5. The van der Waals surface area contributed by atoms with Crippen LogP contribution in [0.25, 0.3) is 0 Å². The highest BCUT2D eigenvalue weighted by molar-refractivity contribution is 5.69. The van der Waals surface area contributed by atoms with Gasteiger partial charge in [0.2, 0.25) is 0 Å². The molecule has 0 aliphatic rings. The lowest BCUT2D eigenvalue weighted by Crippen LogP contribution is -2.09. The largest absolute Gasteiger partial charge is 0.466 e. The summed E-state index contributed by atoms with van der Waals surface area (Å²) >= 11 is 0. The molecule has 0 amide bonds. The van der Waals surface area contributed by atoms with E-state index in [-0.39, 0.29) is 11.9 Å². The molecule has 0 radical (unpaired) electrons. The van der Waals surface area contributed by atoms with Gasteiger partial charge in [0.25, 0.3) is 0 Å². The highest BCUT2D eigenvalue weighted by Gasteiger charge is 2.06. The first-order valence-corrected chi connectivity index (χ1v) is 9.37. The Bertz CT molecular complexity index is 300. The Morgan fingerprint density at radius 1 is 0.739 bits per heavy atom. The third kappa shape index (κ3) is 17.1. The molecular weight excluding hydrogens is 292 g/mol. The Labute approximate surface area is 142 Å². The number of rotatable bonds is 15. The molecule has 0 saturated carbocycles. The van der Waals surface area contributed by atoms with Crippen molar-refractivity contribution in [2.24, 2.45) is 5.92 Å². The summed E-state index contributed by atoms with van der Waals surface area (Å²) in [4.78, 5) is 22.9. The second-order valence-corrected chi connectivity index (χ2v) is 6.63. The summed E-state index contributed by atoms with van der Waals surface area (Å²) in [6.45, 7) is 7.28. The summed E-state index contributed by atoms with van der Waals surface area (Å²) in [5.74, 6) is 0.130. The maximum Gasteiger partial charge on any atom is 0.305 e. The van der Waals surface area contributed by atoms with Crippen LogP contribution < -0.4 is 0 Å². The number of hydrogen-bond donors (Lipinski definition) is 0. The predicted octanol–water partition coefficient (Wildman–Crippen LogP) is 5.04. The molecule has 4 nitrogen and oxygen atoms in total. The zero-order valence-electron chi connectivity index (χ0n) is 15.4. The van der Waals surface area contributed by atoms with E-state index in [2.05, 4.69) is 6.92 Å². The Balaban J connectivity index is 3.31. The molecule has 0 fully saturated rings. The van der Waals surface area contributed by atoms with E-state index in [9.17, 15) is 9.59 Å². The summed E-state index contributed by atoms with van der Waals surface area (Å²) in [6, 6.07) is 0. The molecule has 0 saturated heterocycles. The first-order valence-electron chi connectivity index (χ1n) is 9.37. The number of unbranched alkanes of at least 4 members (excludes halogenated alkanes) is 7. The van der Waals surface area contributed by atoms with Gasteiger partial charge in [-0.2, -0.15) is 0 Å². The molecule has 0 N–H and O–H groups in total. The minimum Gasteiger partial charge on any atom is -0.466 e. The summed E-state index contributed by atoms with van der Waals surface area (Å²) in [5, 5.41) is 0. The van der Waals surface area contributed by atoms with Crippen LogP contribution in [0.2, 0.25) is 0 Å². The summed E-state index contributed by atoms with van der Waals surface area (Å²) < 4.78 is 10.3. The van der Waals surface area contributed by atoms with E-state index >= 15 is 0 Å². The lowest BCUT2D eigenvalue weighted by Gasteiger charge is -2.07. The molecule has 0 atom stereocenters. The van der Waals surface area contributed by atoms with Gasteiger partial charge in [0.1, 0.15) is 0 Å². The molecule has 0 rings (SSSR count). The van der Waals surface area contributed by atoms with Crippen LogP contribution in [0.5, 0.6) is 0 Å². The molecule has 0 aromatic rings. The third-order valence-corrected chi connectivity index (χ3v) is 3.60. The minimum absolute atomic E-state index is 0.110. The van der Waals surface area contributed by atoms with Crippen molar-refractivity contribution in [2.45, 2.75) is 91.4 Å². The van der Waals surface area contributed by atoms with Gasteiger partial charge in [-0.1, -0.05) is 59.3 Å². The standard InChI is InChI=1S/C19H36O4/c1-4-5-6-7-8-12-15-22-18(20)13-10-9-11-14-19(21)23-16-17(2)3/h17H,4-16H2,1-3H3. The van der Waals surface area contributed by atoms with Crippen molar-refractivity contribution >= 4 is 11.9 Å². The van der Waals surface area contributed by atoms with Crippen molar-refractivity contribution in [3.05, 3.63) is 0 Å². The van der Waals surface area contributed by atoms with Crippen LogP contribution in [0.15, 0.2) is 0 Å². The smallest absolute Gasteiger partial charge is 0.305 e. The number of hydrogen-bond acceptors (Lipinski definition) is 4. The molecule has 0 aromatic heterocycles. The zero-order chi connectivity index (χ0) is 17.3. The molecular formula is C19H36O4. The van der Waals surface area contributed by atoms with Crippen LogP contribution in [0, 0.1) is 5.92 Å². The van der Waals surface area contributed by atoms with Gasteiger partial charge in [-0.15, -0.1) is 0 Å². The van der Waals surface area contributed by atoms with Crippen LogP contribution in [0.4, 0.5) is 0 Å². The van der Waals surface area contributed by atoms with Crippen molar-refractivity contribution in [1.82, 2.24) is 0 Å². The van der Waals surface area contributed by atoms with Crippen LogP contribution in [-0.2, 0) is 19.1 Å². The van der Waals surface area contributed by atoms with E-state index in [0.717, 1.165) is 32.1 Å². The first-order chi connectivity index (χ1) is 11.1. The second kappa shape index (κ2) is 15.8. The fraction of sp³-hybridized carbons (Fsp3) is 0.895. The van der Waals surface area contributed by atoms with Gasteiger partial charge in [-0.05, 0) is 25.2 Å². The number of carbonyl (C=O) groups is 2.